The summed E-state index contributed by atoms with van der Waals surface area (Å²) >= 11 is 0. The summed E-state index contributed by atoms with van der Waals surface area (Å²) in [7, 11) is 5.28. The molecule has 1 aromatic carbocycles. The monoisotopic (exact) mass is 408 g/mol. The average Bonchev–Trinajstić information content (AvgIpc) is 2.80. The molecule has 2 heterocycles. The third-order valence-electron chi connectivity index (χ3n) is 5.24. The molecule has 7 nitrogen and oxygen atoms in total. The van der Waals surface area contributed by atoms with Crippen LogP contribution in [0.1, 0.15) is 40.7 Å². The van der Waals surface area contributed by atoms with Crippen LogP contribution in [0.5, 0.6) is 0 Å². The quantitative estimate of drug-likeness (QED) is 0.568. The molecule has 1 aromatic heterocycles. The maximum Gasteiger partial charge on any atom is 0.253 e. The second kappa shape index (κ2) is 10.6. The van der Waals surface area contributed by atoms with Gasteiger partial charge in [-0.1, -0.05) is 12.1 Å². The van der Waals surface area contributed by atoms with E-state index < -0.39 is 0 Å². The molecule has 1 aliphatic rings. The predicted molar refractivity (Wildman–Crippen MR) is 122 cm³/mol. The lowest BCUT2D eigenvalue weighted by Gasteiger charge is -2.28. The summed E-state index contributed by atoms with van der Waals surface area (Å²) in [6.07, 6.45) is 5.68. The zero-order valence-corrected chi connectivity index (χ0v) is 18.2. The molecule has 0 aliphatic carbocycles. The van der Waals surface area contributed by atoms with Crippen LogP contribution in [-0.2, 0) is 13.1 Å². The third kappa shape index (κ3) is 5.95. The van der Waals surface area contributed by atoms with Crippen molar-refractivity contribution in [1.29, 1.82) is 0 Å². The van der Waals surface area contributed by atoms with Crippen molar-refractivity contribution in [1.82, 2.24) is 20.5 Å². The molecule has 160 valence electrons. The first-order valence-electron chi connectivity index (χ1n) is 10.5. The Kier molecular flexibility index (Phi) is 7.65. The molecule has 2 N–H and O–H groups in total. The molecular weight excluding hydrogens is 376 g/mol. The second-order valence-corrected chi connectivity index (χ2v) is 7.75. The van der Waals surface area contributed by atoms with Gasteiger partial charge in [-0.3, -0.25) is 9.79 Å². The fourth-order valence-electron chi connectivity index (χ4n) is 3.48. The number of nitrogens with zero attached hydrogens (tertiary/aromatic N) is 4. The zero-order chi connectivity index (χ0) is 21.3. The molecule has 1 fully saturated rings. The van der Waals surface area contributed by atoms with Gasteiger partial charge in [0.05, 0.1) is 0 Å². The molecule has 30 heavy (non-hydrogen) atoms. The number of aliphatic imine (C=N–C) groups is 1. The highest BCUT2D eigenvalue weighted by molar-refractivity contribution is 5.93. The number of benzene rings is 1. The van der Waals surface area contributed by atoms with Crippen molar-refractivity contribution in [2.45, 2.75) is 32.4 Å². The fraction of sp³-hybridized carbons (Fsp3) is 0.435. The van der Waals surface area contributed by atoms with Gasteiger partial charge in [0.15, 0.2) is 5.96 Å². The Bertz CT molecular complexity index is 856. The molecule has 0 atom stereocenters. The van der Waals surface area contributed by atoms with Crippen LogP contribution in [0.15, 0.2) is 47.6 Å². The number of hydrogen-bond donors (Lipinski definition) is 2. The van der Waals surface area contributed by atoms with E-state index in [9.17, 15) is 4.79 Å². The first-order valence-corrected chi connectivity index (χ1v) is 10.5. The number of rotatable bonds is 6. The van der Waals surface area contributed by atoms with E-state index in [1.807, 2.05) is 36.5 Å². The molecule has 1 saturated heterocycles. The van der Waals surface area contributed by atoms with E-state index in [2.05, 4.69) is 31.6 Å². The summed E-state index contributed by atoms with van der Waals surface area (Å²) < 4.78 is 0. The van der Waals surface area contributed by atoms with Gasteiger partial charge in [0.1, 0.15) is 5.82 Å². The van der Waals surface area contributed by atoms with Gasteiger partial charge in [-0.2, -0.15) is 0 Å². The Hall–Kier alpha value is -3.09. The molecule has 7 heteroatoms. The lowest BCUT2D eigenvalue weighted by molar-refractivity contribution is 0.0827. The van der Waals surface area contributed by atoms with Crippen LogP contribution >= 0.6 is 0 Å². The summed E-state index contributed by atoms with van der Waals surface area (Å²) in [4.78, 5) is 24.8. The molecule has 0 radical (unpaired) electrons. The molecular formula is C23H32N6O. The van der Waals surface area contributed by atoms with Gasteiger partial charge in [-0.05, 0) is 54.7 Å². The maximum absolute atomic E-state index is 12.0. The molecule has 1 aliphatic heterocycles. The Morgan fingerprint density at radius 2 is 1.70 bits per heavy atom. The van der Waals surface area contributed by atoms with Crippen molar-refractivity contribution in [2.75, 3.05) is 39.1 Å². The van der Waals surface area contributed by atoms with E-state index in [1.54, 1.807) is 26.0 Å². The lowest BCUT2D eigenvalue weighted by Crippen LogP contribution is -2.36. The molecule has 0 bridgehead atoms. The Labute approximate surface area is 179 Å². The van der Waals surface area contributed by atoms with Crippen molar-refractivity contribution in [3.8, 4) is 0 Å². The van der Waals surface area contributed by atoms with E-state index in [-0.39, 0.29) is 5.91 Å². The topological polar surface area (TPSA) is 72.9 Å². The van der Waals surface area contributed by atoms with Gasteiger partial charge < -0.3 is 20.4 Å². The van der Waals surface area contributed by atoms with Crippen molar-refractivity contribution in [3.05, 3.63) is 59.3 Å². The van der Waals surface area contributed by atoms with Crippen molar-refractivity contribution >= 4 is 17.7 Å². The minimum atomic E-state index is 0.00765. The zero-order valence-electron chi connectivity index (χ0n) is 18.2. The van der Waals surface area contributed by atoms with E-state index in [0.717, 1.165) is 30.4 Å². The van der Waals surface area contributed by atoms with E-state index in [0.29, 0.717) is 18.7 Å². The van der Waals surface area contributed by atoms with E-state index in [1.165, 1.54) is 24.8 Å². The summed E-state index contributed by atoms with van der Waals surface area (Å²) in [5.41, 5.74) is 2.96. The number of pyridine rings is 1. The maximum atomic E-state index is 12.0. The number of aromatic nitrogens is 1. The van der Waals surface area contributed by atoms with Crippen LogP contribution in [0.25, 0.3) is 0 Å². The number of nitrogens with one attached hydrogen (secondary N) is 2. The number of hydrogen-bond acceptors (Lipinski definition) is 4. The van der Waals surface area contributed by atoms with Gasteiger partial charge in [0.25, 0.3) is 5.91 Å². The largest absolute Gasteiger partial charge is 0.357 e. The van der Waals surface area contributed by atoms with Gasteiger partial charge >= 0.3 is 0 Å². The summed E-state index contributed by atoms with van der Waals surface area (Å²) in [6.45, 7) is 3.49. The number of carbonyl (C=O) groups excluding carboxylic acids is 1. The number of piperidine rings is 1. The summed E-state index contributed by atoms with van der Waals surface area (Å²) in [5.74, 6) is 1.80. The Morgan fingerprint density at radius 1 is 1.03 bits per heavy atom. The first kappa shape index (κ1) is 21.6. The smallest absolute Gasteiger partial charge is 0.253 e. The van der Waals surface area contributed by atoms with Gasteiger partial charge in [0.2, 0.25) is 0 Å². The van der Waals surface area contributed by atoms with E-state index in [4.69, 9.17) is 0 Å². The number of amides is 1. The van der Waals surface area contributed by atoms with Crippen molar-refractivity contribution in [2.24, 2.45) is 4.99 Å². The van der Waals surface area contributed by atoms with Crippen LogP contribution in [0, 0.1) is 0 Å². The number of carbonyl (C=O) groups is 1. The second-order valence-electron chi connectivity index (χ2n) is 7.75. The molecule has 2 aromatic rings. The predicted octanol–water partition coefficient (Wildman–Crippen LogP) is 2.64. The van der Waals surface area contributed by atoms with E-state index >= 15 is 0 Å². The highest BCUT2D eigenvalue weighted by atomic mass is 16.2. The standard InChI is InChI=1S/C23H32N6O/c1-24-23(26-16-18-7-9-20(10-8-18)22(30)28(2)3)27-17-19-11-12-25-21(15-19)29-13-5-4-6-14-29/h7-12,15H,4-6,13-14,16-17H2,1-3H3,(H2,24,26,27). The lowest BCUT2D eigenvalue weighted by atomic mass is 10.1. The van der Waals surface area contributed by atoms with Crippen LogP contribution < -0.4 is 15.5 Å². The van der Waals surface area contributed by atoms with Gasteiger partial charge in [0, 0.05) is 59.1 Å². The van der Waals surface area contributed by atoms with Crippen LogP contribution in [0.2, 0.25) is 0 Å². The number of guanidine groups is 1. The average molecular weight is 409 g/mol. The van der Waals surface area contributed by atoms with Gasteiger partial charge in [-0.25, -0.2) is 4.98 Å². The van der Waals surface area contributed by atoms with Crippen molar-refractivity contribution < 1.29 is 4.79 Å². The highest BCUT2D eigenvalue weighted by Crippen LogP contribution is 2.18. The third-order valence-corrected chi connectivity index (χ3v) is 5.24. The van der Waals surface area contributed by atoms with Crippen LogP contribution in [0.4, 0.5) is 5.82 Å². The van der Waals surface area contributed by atoms with Crippen molar-refractivity contribution in [3.63, 3.8) is 0 Å². The fourth-order valence-corrected chi connectivity index (χ4v) is 3.48. The summed E-state index contributed by atoms with van der Waals surface area (Å²) in [6, 6.07) is 11.8. The molecule has 3 rings (SSSR count). The minimum absolute atomic E-state index is 0.00765. The Morgan fingerprint density at radius 3 is 2.33 bits per heavy atom. The molecule has 0 unspecified atom stereocenters. The molecule has 0 saturated carbocycles. The van der Waals surface area contributed by atoms with Crippen LogP contribution in [-0.4, -0.2) is 56.0 Å². The summed E-state index contributed by atoms with van der Waals surface area (Å²) in [5, 5.41) is 6.69. The first-order chi connectivity index (χ1) is 14.6. The molecule has 1 amide bonds. The SMILES string of the molecule is CN=C(NCc1ccc(C(=O)N(C)C)cc1)NCc1ccnc(N2CCCCC2)c1. The Balaban J connectivity index is 1.51. The van der Waals surface area contributed by atoms with Gasteiger partial charge in [-0.15, -0.1) is 0 Å². The minimum Gasteiger partial charge on any atom is -0.357 e. The van der Waals surface area contributed by atoms with Crippen LogP contribution in [0.3, 0.4) is 0 Å². The normalized spacial score (nSPS) is 14.4. The molecule has 0 spiro atoms. The highest BCUT2D eigenvalue weighted by Gasteiger charge is 2.12. The number of anilines is 1.